The molecule has 1 aromatic carbocycles. The zero-order chi connectivity index (χ0) is 18.4. The van der Waals surface area contributed by atoms with Gasteiger partial charge < -0.3 is 15.0 Å². The fourth-order valence-corrected chi connectivity index (χ4v) is 4.82. The Kier molecular flexibility index (Phi) is 4.13. The standard InChI is InChI=1S/C18H21N3O4S/c1-13-3-5-16(6-4-13)26(22,23)25-18-11-20-10-17(18)21(12-18)14-7-15(24-2)9-19-8-14/h3-9,17,20H,10-12H2,1-2H3/t17-,18-/m1/s1. The zero-order valence-corrected chi connectivity index (χ0v) is 15.5. The van der Waals surface area contributed by atoms with E-state index in [4.69, 9.17) is 8.92 Å². The Hall–Kier alpha value is -2.16. The molecule has 0 spiro atoms. The van der Waals surface area contributed by atoms with Gasteiger partial charge in [-0.2, -0.15) is 8.42 Å². The molecule has 0 amide bonds. The van der Waals surface area contributed by atoms with E-state index < -0.39 is 15.7 Å². The number of ether oxygens (including phenoxy) is 1. The number of hydrogen-bond acceptors (Lipinski definition) is 7. The molecule has 2 aliphatic rings. The number of nitrogens with one attached hydrogen (secondary N) is 1. The van der Waals surface area contributed by atoms with Crippen molar-refractivity contribution in [1.82, 2.24) is 10.3 Å². The number of anilines is 1. The van der Waals surface area contributed by atoms with Crippen molar-refractivity contribution < 1.29 is 17.3 Å². The molecule has 138 valence electrons. The van der Waals surface area contributed by atoms with Gasteiger partial charge in [-0.05, 0) is 19.1 Å². The summed E-state index contributed by atoms with van der Waals surface area (Å²) in [6.07, 6.45) is 3.39. The second kappa shape index (κ2) is 6.22. The summed E-state index contributed by atoms with van der Waals surface area (Å²) in [5.41, 5.74) is 1.14. The number of hydrogen-bond donors (Lipinski definition) is 1. The largest absolute Gasteiger partial charge is 0.495 e. The Morgan fingerprint density at radius 1 is 1.27 bits per heavy atom. The van der Waals surface area contributed by atoms with Crippen LogP contribution in [-0.4, -0.2) is 51.8 Å². The summed E-state index contributed by atoms with van der Waals surface area (Å²) in [5.74, 6) is 0.666. The molecular weight excluding hydrogens is 354 g/mol. The molecule has 1 aromatic heterocycles. The summed E-state index contributed by atoms with van der Waals surface area (Å²) in [6, 6.07) is 8.53. The third-order valence-corrected chi connectivity index (χ3v) is 6.44. The molecule has 26 heavy (non-hydrogen) atoms. The average molecular weight is 375 g/mol. The lowest BCUT2D eigenvalue weighted by atomic mass is 9.86. The fourth-order valence-electron chi connectivity index (χ4n) is 3.60. The molecule has 7 nitrogen and oxygen atoms in total. The average Bonchev–Trinajstić information content (AvgIpc) is 2.92. The first-order valence-corrected chi connectivity index (χ1v) is 9.83. The van der Waals surface area contributed by atoms with Crippen LogP contribution in [-0.2, 0) is 14.3 Å². The van der Waals surface area contributed by atoms with Gasteiger partial charge in [0, 0.05) is 19.2 Å². The molecule has 2 saturated heterocycles. The minimum absolute atomic E-state index is 0.0726. The number of methoxy groups -OCH3 is 1. The molecule has 0 bridgehead atoms. The summed E-state index contributed by atoms with van der Waals surface area (Å²) in [6.45, 7) is 3.54. The number of aromatic nitrogens is 1. The van der Waals surface area contributed by atoms with Crippen molar-refractivity contribution in [1.29, 1.82) is 0 Å². The summed E-state index contributed by atoms with van der Waals surface area (Å²) < 4.78 is 36.4. The molecule has 2 fully saturated rings. The second-order valence-corrected chi connectivity index (χ2v) is 8.32. The lowest BCUT2D eigenvalue weighted by Crippen LogP contribution is -2.71. The predicted octanol–water partition coefficient (Wildman–Crippen LogP) is 1.33. The number of pyridine rings is 1. The van der Waals surface area contributed by atoms with Gasteiger partial charge in [0.25, 0.3) is 10.1 Å². The maximum Gasteiger partial charge on any atom is 0.297 e. The van der Waals surface area contributed by atoms with Crippen LogP contribution in [0.4, 0.5) is 5.69 Å². The van der Waals surface area contributed by atoms with Gasteiger partial charge in [0.15, 0.2) is 0 Å². The van der Waals surface area contributed by atoms with E-state index in [0.29, 0.717) is 25.4 Å². The van der Waals surface area contributed by atoms with E-state index in [0.717, 1.165) is 11.3 Å². The third kappa shape index (κ3) is 2.84. The van der Waals surface area contributed by atoms with E-state index in [9.17, 15) is 8.42 Å². The molecule has 0 saturated carbocycles. The van der Waals surface area contributed by atoms with Gasteiger partial charge in [-0.3, -0.25) is 9.17 Å². The van der Waals surface area contributed by atoms with Crippen LogP contribution in [0.15, 0.2) is 47.6 Å². The van der Waals surface area contributed by atoms with Gasteiger partial charge in [-0.25, -0.2) is 0 Å². The molecule has 1 N–H and O–H groups in total. The first kappa shape index (κ1) is 17.3. The number of benzene rings is 1. The molecule has 4 rings (SSSR count). The van der Waals surface area contributed by atoms with Gasteiger partial charge in [0.1, 0.15) is 11.4 Å². The van der Waals surface area contributed by atoms with Crippen LogP contribution in [0.5, 0.6) is 5.75 Å². The minimum Gasteiger partial charge on any atom is -0.495 e. The van der Waals surface area contributed by atoms with E-state index >= 15 is 0 Å². The predicted molar refractivity (Wildman–Crippen MR) is 97.0 cm³/mol. The number of nitrogens with zero attached hydrogens (tertiary/aromatic N) is 2. The SMILES string of the molecule is COc1cncc(N2C[C@]3(OS(=O)(=O)c4ccc(C)cc4)CNC[C@@H]23)c1. The quantitative estimate of drug-likeness (QED) is 0.790. The molecular formula is C18H21N3O4S. The molecule has 0 aliphatic carbocycles. The first-order valence-electron chi connectivity index (χ1n) is 8.42. The molecule has 2 aromatic rings. The highest BCUT2D eigenvalue weighted by molar-refractivity contribution is 7.86. The Labute approximate surface area is 153 Å². The summed E-state index contributed by atoms with van der Waals surface area (Å²) in [4.78, 5) is 6.46. The number of fused-ring (bicyclic) bond motifs is 1. The second-order valence-electron chi connectivity index (χ2n) is 6.77. The van der Waals surface area contributed by atoms with Gasteiger partial charge in [0.05, 0.1) is 42.7 Å². The highest BCUT2D eigenvalue weighted by atomic mass is 32.2. The molecule has 3 heterocycles. The molecule has 2 atom stereocenters. The third-order valence-electron chi connectivity index (χ3n) is 5.03. The van der Waals surface area contributed by atoms with Crippen molar-refractivity contribution in [3.05, 3.63) is 48.3 Å². The van der Waals surface area contributed by atoms with Crippen LogP contribution in [0, 0.1) is 6.92 Å². The normalized spacial score (nSPS) is 24.8. The van der Waals surface area contributed by atoms with Crippen LogP contribution in [0.3, 0.4) is 0 Å². The number of aryl methyl sites for hydroxylation is 1. The van der Waals surface area contributed by atoms with Gasteiger partial charge in [0.2, 0.25) is 0 Å². The Morgan fingerprint density at radius 3 is 2.77 bits per heavy atom. The van der Waals surface area contributed by atoms with Crippen molar-refractivity contribution in [3.8, 4) is 5.75 Å². The summed E-state index contributed by atoms with van der Waals surface area (Å²) in [7, 11) is -2.23. The van der Waals surface area contributed by atoms with Crippen LogP contribution >= 0.6 is 0 Å². The van der Waals surface area contributed by atoms with E-state index in [-0.39, 0.29) is 10.9 Å². The number of rotatable bonds is 5. The van der Waals surface area contributed by atoms with E-state index in [2.05, 4.69) is 15.2 Å². The summed E-state index contributed by atoms with van der Waals surface area (Å²) >= 11 is 0. The van der Waals surface area contributed by atoms with E-state index in [1.165, 1.54) is 0 Å². The first-order chi connectivity index (χ1) is 12.4. The molecule has 8 heteroatoms. The van der Waals surface area contributed by atoms with Gasteiger partial charge in [-0.1, -0.05) is 17.7 Å². The Morgan fingerprint density at radius 2 is 2.04 bits per heavy atom. The minimum atomic E-state index is -3.83. The van der Waals surface area contributed by atoms with E-state index in [1.54, 1.807) is 43.8 Å². The topological polar surface area (TPSA) is 80.8 Å². The monoisotopic (exact) mass is 375 g/mol. The van der Waals surface area contributed by atoms with Crippen molar-refractivity contribution in [3.63, 3.8) is 0 Å². The van der Waals surface area contributed by atoms with Crippen LogP contribution in [0.1, 0.15) is 5.56 Å². The van der Waals surface area contributed by atoms with Gasteiger partial charge in [-0.15, -0.1) is 0 Å². The van der Waals surface area contributed by atoms with Gasteiger partial charge >= 0.3 is 0 Å². The highest BCUT2D eigenvalue weighted by Crippen LogP contribution is 2.41. The smallest absolute Gasteiger partial charge is 0.297 e. The Balaban J connectivity index is 1.56. The van der Waals surface area contributed by atoms with Crippen molar-refractivity contribution in [2.24, 2.45) is 0 Å². The van der Waals surface area contributed by atoms with Crippen LogP contribution < -0.4 is 15.0 Å². The fraction of sp³-hybridized carbons (Fsp3) is 0.389. The molecule has 2 aliphatic heterocycles. The summed E-state index contributed by atoms with van der Waals surface area (Å²) in [5, 5.41) is 3.25. The van der Waals surface area contributed by atoms with Crippen molar-refractivity contribution >= 4 is 15.8 Å². The molecule has 0 unspecified atom stereocenters. The van der Waals surface area contributed by atoms with Crippen molar-refractivity contribution in [2.45, 2.75) is 23.5 Å². The van der Waals surface area contributed by atoms with Crippen LogP contribution in [0.25, 0.3) is 0 Å². The molecule has 0 radical (unpaired) electrons. The lowest BCUT2D eigenvalue weighted by molar-refractivity contribution is 0.0348. The Bertz CT molecular complexity index is 916. The van der Waals surface area contributed by atoms with E-state index in [1.807, 2.05) is 13.0 Å². The highest BCUT2D eigenvalue weighted by Gasteiger charge is 2.59. The van der Waals surface area contributed by atoms with Crippen molar-refractivity contribution in [2.75, 3.05) is 31.6 Å². The lowest BCUT2D eigenvalue weighted by Gasteiger charge is -2.53. The zero-order valence-electron chi connectivity index (χ0n) is 14.7. The maximum atomic E-state index is 12.7. The maximum absolute atomic E-state index is 12.7. The van der Waals surface area contributed by atoms with Crippen LogP contribution in [0.2, 0.25) is 0 Å².